The number of piperazine rings is 1. The second-order valence-electron chi connectivity index (χ2n) is 8.12. The van der Waals surface area contributed by atoms with Crippen molar-refractivity contribution in [2.75, 3.05) is 36.4 Å². The lowest BCUT2D eigenvalue weighted by Crippen LogP contribution is -2.50. The highest BCUT2D eigenvalue weighted by atomic mass is 16.2. The second kappa shape index (κ2) is 9.57. The highest BCUT2D eigenvalue weighted by Crippen LogP contribution is 2.23. The Balaban J connectivity index is 1.41. The molecule has 2 heterocycles. The van der Waals surface area contributed by atoms with E-state index in [1.54, 1.807) is 35.0 Å². The number of nitrogens with one attached hydrogen (secondary N) is 1. The molecule has 1 aliphatic rings. The summed E-state index contributed by atoms with van der Waals surface area (Å²) >= 11 is 0. The zero-order valence-electron chi connectivity index (χ0n) is 18.8. The first kappa shape index (κ1) is 22.1. The number of para-hydroxylation sites is 1. The van der Waals surface area contributed by atoms with Crippen molar-refractivity contribution in [1.29, 1.82) is 5.26 Å². The molecule has 1 saturated heterocycles. The molecule has 2 amide bonds. The predicted octanol–water partition coefficient (Wildman–Crippen LogP) is 2.97. The molecule has 8 nitrogen and oxygen atoms in total. The number of benzene rings is 2. The molecule has 2 aromatic carbocycles. The van der Waals surface area contributed by atoms with Gasteiger partial charge in [-0.05, 0) is 50.2 Å². The molecule has 0 unspecified atom stereocenters. The molecule has 1 aliphatic heterocycles. The van der Waals surface area contributed by atoms with E-state index in [-0.39, 0.29) is 18.4 Å². The van der Waals surface area contributed by atoms with Gasteiger partial charge in [0.15, 0.2) is 0 Å². The van der Waals surface area contributed by atoms with E-state index < -0.39 is 0 Å². The molecule has 4 rings (SSSR count). The Bertz CT molecular complexity index is 1220. The van der Waals surface area contributed by atoms with Crippen molar-refractivity contribution < 1.29 is 9.59 Å². The first-order valence-corrected chi connectivity index (χ1v) is 10.9. The lowest BCUT2D eigenvalue weighted by atomic mass is 10.1. The smallest absolute Gasteiger partial charge is 0.257 e. The maximum atomic E-state index is 13.0. The zero-order valence-corrected chi connectivity index (χ0v) is 18.8. The van der Waals surface area contributed by atoms with E-state index in [0.29, 0.717) is 43.0 Å². The molecule has 0 spiro atoms. The van der Waals surface area contributed by atoms with Gasteiger partial charge in [0.1, 0.15) is 6.54 Å². The number of anilines is 2. The molecule has 33 heavy (non-hydrogen) atoms. The summed E-state index contributed by atoms with van der Waals surface area (Å²) in [6, 6.07) is 18.3. The number of nitrogens with zero attached hydrogens (tertiary/aromatic N) is 5. The van der Waals surface area contributed by atoms with E-state index in [1.807, 2.05) is 43.0 Å². The molecule has 0 radical (unpaired) electrons. The third-order valence-corrected chi connectivity index (χ3v) is 5.76. The standard InChI is InChI=1S/C25H26N6O2/c1-18-14-19(2)31(28-18)17-24(32)30-12-10-29(11-13-30)23-9-4-3-8-22(23)25(33)27-21-7-5-6-20(15-21)16-26/h3-9,14-15H,10-13,17H2,1-2H3,(H,27,33). The molecule has 8 heteroatoms. The molecule has 168 valence electrons. The molecule has 1 fully saturated rings. The fourth-order valence-electron chi connectivity index (χ4n) is 4.07. The molecule has 0 saturated carbocycles. The minimum absolute atomic E-state index is 0.0456. The van der Waals surface area contributed by atoms with Crippen LogP contribution >= 0.6 is 0 Å². The summed E-state index contributed by atoms with van der Waals surface area (Å²) in [7, 11) is 0. The van der Waals surface area contributed by atoms with Gasteiger partial charge in [0.25, 0.3) is 5.91 Å². The Morgan fingerprint density at radius 2 is 1.79 bits per heavy atom. The van der Waals surface area contributed by atoms with E-state index in [0.717, 1.165) is 17.1 Å². The van der Waals surface area contributed by atoms with Crippen molar-refractivity contribution in [1.82, 2.24) is 14.7 Å². The van der Waals surface area contributed by atoms with E-state index >= 15 is 0 Å². The van der Waals surface area contributed by atoms with Gasteiger partial charge in [0, 0.05) is 43.2 Å². The first-order valence-electron chi connectivity index (χ1n) is 10.9. The van der Waals surface area contributed by atoms with Crippen molar-refractivity contribution in [3.8, 4) is 6.07 Å². The fraction of sp³-hybridized carbons (Fsp3) is 0.280. The number of hydrogen-bond donors (Lipinski definition) is 1. The maximum Gasteiger partial charge on any atom is 0.257 e. The fourth-order valence-corrected chi connectivity index (χ4v) is 4.07. The van der Waals surface area contributed by atoms with Crippen LogP contribution in [-0.4, -0.2) is 52.7 Å². The van der Waals surface area contributed by atoms with E-state index in [1.165, 1.54) is 0 Å². The second-order valence-corrected chi connectivity index (χ2v) is 8.12. The van der Waals surface area contributed by atoms with Crippen LogP contribution in [0.15, 0.2) is 54.6 Å². The molecule has 0 aliphatic carbocycles. The van der Waals surface area contributed by atoms with E-state index in [2.05, 4.69) is 21.4 Å². The van der Waals surface area contributed by atoms with Gasteiger partial charge in [-0.15, -0.1) is 0 Å². The zero-order chi connectivity index (χ0) is 23.4. The maximum absolute atomic E-state index is 13.0. The van der Waals surface area contributed by atoms with Gasteiger partial charge in [-0.1, -0.05) is 18.2 Å². The van der Waals surface area contributed by atoms with Crippen molar-refractivity contribution in [2.24, 2.45) is 0 Å². The van der Waals surface area contributed by atoms with Crippen LogP contribution in [0.4, 0.5) is 11.4 Å². The number of carbonyl (C=O) groups is 2. The molecule has 3 aromatic rings. The van der Waals surface area contributed by atoms with Gasteiger partial charge >= 0.3 is 0 Å². The summed E-state index contributed by atoms with van der Waals surface area (Å²) in [5, 5.41) is 16.3. The summed E-state index contributed by atoms with van der Waals surface area (Å²) in [6.45, 7) is 6.54. The molecular weight excluding hydrogens is 416 g/mol. The number of nitriles is 1. The Morgan fingerprint density at radius 3 is 2.48 bits per heavy atom. The molecule has 0 bridgehead atoms. The quantitative estimate of drug-likeness (QED) is 0.656. The first-order chi connectivity index (χ1) is 15.9. The van der Waals surface area contributed by atoms with Crippen LogP contribution in [0.5, 0.6) is 0 Å². The summed E-state index contributed by atoms with van der Waals surface area (Å²) in [4.78, 5) is 29.7. The summed E-state index contributed by atoms with van der Waals surface area (Å²) in [5.41, 5.74) is 4.33. The Morgan fingerprint density at radius 1 is 1.03 bits per heavy atom. The van der Waals surface area contributed by atoms with Gasteiger partial charge in [-0.2, -0.15) is 10.4 Å². The lowest BCUT2D eigenvalue weighted by Gasteiger charge is -2.37. The number of aromatic nitrogens is 2. The van der Waals surface area contributed by atoms with Gasteiger partial charge in [0.05, 0.1) is 22.9 Å². The van der Waals surface area contributed by atoms with Crippen molar-refractivity contribution in [3.63, 3.8) is 0 Å². The monoisotopic (exact) mass is 442 g/mol. The average molecular weight is 443 g/mol. The molecule has 0 atom stereocenters. The van der Waals surface area contributed by atoms with Gasteiger partial charge in [-0.3, -0.25) is 14.3 Å². The topological polar surface area (TPSA) is 94.3 Å². The molecule has 1 aromatic heterocycles. The van der Waals surface area contributed by atoms with Crippen molar-refractivity contribution in [2.45, 2.75) is 20.4 Å². The van der Waals surface area contributed by atoms with Crippen LogP contribution in [0.3, 0.4) is 0 Å². The number of amides is 2. The summed E-state index contributed by atoms with van der Waals surface area (Å²) < 4.78 is 1.74. The number of rotatable bonds is 5. The third-order valence-electron chi connectivity index (χ3n) is 5.76. The van der Waals surface area contributed by atoms with Crippen LogP contribution in [0.1, 0.15) is 27.3 Å². The summed E-state index contributed by atoms with van der Waals surface area (Å²) in [6.07, 6.45) is 0. The van der Waals surface area contributed by atoms with Crippen LogP contribution in [0.2, 0.25) is 0 Å². The Kier molecular flexibility index (Phi) is 6.41. The van der Waals surface area contributed by atoms with E-state index in [9.17, 15) is 9.59 Å². The van der Waals surface area contributed by atoms with Gasteiger partial charge < -0.3 is 15.1 Å². The van der Waals surface area contributed by atoms with Crippen LogP contribution in [0.25, 0.3) is 0 Å². The van der Waals surface area contributed by atoms with Crippen LogP contribution in [0, 0.1) is 25.2 Å². The number of hydrogen-bond acceptors (Lipinski definition) is 5. The van der Waals surface area contributed by atoms with Gasteiger partial charge in [0.2, 0.25) is 5.91 Å². The number of carbonyl (C=O) groups excluding carboxylic acids is 2. The largest absolute Gasteiger partial charge is 0.367 e. The Labute approximate surface area is 193 Å². The van der Waals surface area contributed by atoms with Crippen LogP contribution in [-0.2, 0) is 11.3 Å². The SMILES string of the molecule is Cc1cc(C)n(CC(=O)N2CCN(c3ccccc3C(=O)Nc3cccc(C#N)c3)CC2)n1. The minimum Gasteiger partial charge on any atom is -0.367 e. The average Bonchev–Trinajstić information content (AvgIpc) is 3.15. The highest BCUT2D eigenvalue weighted by molar-refractivity contribution is 6.08. The minimum atomic E-state index is -0.233. The summed E-state index contributed by atoms with van der Waals surface area (Å²) in [5.74, 6) is -0.187. The molecular formula is C25H26N6O2. The molecule has 1 N–H and O–H groups in total. The van der Waals surface area contributed by atoms with Crippen molar-refractivity contribution >= 4 is 23.2 Å². The van der Waals surface area contributed by atoms with Gasteiger partial charge in [-0.25, -0.2) is 0 Å². The number of aryl methyl sites for hydroxylation is 2. The van der Waals surface area contributed by atoms with E-state index in [4.69, 9.17) is 5.26 Å². The Hall–Kier alpha value is -4.12. The third kappa shape index (κ3) is 5.04. The van der Waals surface area contributed by atoms with Crippen LogP contribution < -0.4 is 10.2 Å². The van der Waals surface area contributed by atoms with Crippen molar-refractivity contribution in [3.05, 3.63) is 77.1 Å². The lowest BCUT2D eigenvalue weighted by molar-refractivity contribution is -0.132. The predicted molar refractivity (Wildman–Crippen MR) is 126 cm³/mol. The highest BCUT2D eigenvalue weighted by Gasteiger charge is 2.24. The normalized spacial score (nSPS) is 13.5.